The molecule has 0 saturated carbocycles. The maximum Gasteiger partial charge on any atom is 0.332 e. The van der Waals surface area contributed by atoms with Crippen molar-refractivity contribution in [1.29, 1.82) is 0 Å². The van der Waals surface area contributed by atoms with E-state index in [2.05, 4.69) is 31.6 Å². The quantitative estimate of drug-likeness (QED) is 0.0182. The van der Waals surface area contributed by atoms with E-state index < -0.39 is 137 Å². The molecule has 3 aromatic carbocycles. The first-order chi connectivity index (χ1) is 34.4. The van der Waals surface area contributed by atoms with Gasteiger partial charge in [0.05, 0.1) is 75.0 Å². The molecule has 0 bridgehead atoms. The van der Waals surface area contributed by atoms with Gasteiger partial charge in [0.1, 0.15) is 19.8 Å². The first-order valence-electron chi connectivity index (χ1n) is 21.6. The number of phenolic OH excluding ortho intramolecular Hbond substituents is 6. The molecule has 4 amide bonds. The maximum atomic E-state index is 13.6. The predicted octanol–water partition coefficient (Wildman–Crippen LogP) is -1.65. The Morgan fingerprint density at radius 1 is 0.597 bits per heavy atom. The standard InChI is InChI=1S/C44H49N7O21/c52-31-5-1-3-25(35(31)57)39(61)46-28-20-70-42(64)29(47-40(62)26-4-2-6-32(53)36(26)58)21-71-44(66)30(22-72-43(28)65)48-41(63)27-17-23(18-33(54)37(27)59)38(60)45-9-11-67-13-15-69-16-14-68-12-10-51-19-24(49-50-51)7-8-34(55)56/h1-6,17-19,28-30,52-54,57-59H,7-16,20-22H2,(H,45,60)(H,46,61)(H,47,62)(H,48,63)(H,55,56)/t28-,29-,30-/m0/s1. The molecule has 1 aromatic heterocycles. The normalized spacial score (nSPS) is 16.2. The monoisotopic (exact) mass is 1010 g/mol. The third kappa shape index (κ3) is 15.6. The number of aliphatic carboxylic acids is 1. The highest BCUT2D eigenvalue weighted by molar-refractivity contribution is 6.04. The van der Waals surface area contributed by atoms with Crippen molar-refractivity contribution >= 4 is 47.5 Å². The number of rotatable bonds is 22. The Bertz CT molecular complexity index is 2560. The number of benzene rings is 3. The Morgan fingerprint density at radius 2 is 1.06 bits per heavy atom. The summed E-state index contributed by atoms with van der Waals surface area (Å²) in [6.45, 7) is -1.66. The molecule has 72 heavy (non-hydrogen) atoms. The molecule has 0 spiro atoms. The van der Waals surface area contributed by atoms with Gasteiger partial charge in [0.25, 0.3) is 23.6 Å². The predicted molar refractivity (Wildman–Crippen MR) is 237 cm³/mol. The van der Waals surface area contributed by atoms with Crippen molar-refractivity contribution in [3.8, 4) is 34.5 Å². The lowest BCUT2D eigenvalue weighted by Crippen LogP contribution is -2.52. The van der Waals surface area contributed by atoms with E-state index in [1.165, 1.54) is 16.8 Å². The van der Waals surface area contributed by atoms with Crippen molar-refractivity contribution in [2.24, 2.45) is 0 Å². The van der Waals surface area contributed by atoms with Crippen LogP contribution in [0.3, 0.4) is 0 Å². The molecule has 4 aromatic rings. The van der Waals surface area contributed by atoms with Gasteiger partial charge in [0, 0.05) is 24.7 Å². The molecule has 28 heteroatoms. The van der Waals surface area contributed by atoms with Crippen LogP contribution in [0.15, 0.2) is 54.7 Å². The molecule has 1 fully saturated rings. The second-order valence-corrected chi connectivity index (χ2v) is 15.2. The van der Waals surface area contributed by atoms with E-state index >= 15 is 0 Å². The summed E-state index contributed by atoms with van der Waals surface area (Å²) in [5.74, 6) is -14.9. The number of carboxylic acids is 1. The number of carboxylic acid groups (broad SMARTS) is 1. The molecular formula is C44H49N7O21. The first kappa shape index (κ1) is 54.2. The van der Waals surface area contributed by atoms with Gasteiger partial charge in [-0.3, -0.25) is 24.0 Å². The number of aromatic nitrogens is 3. The number of esters is 3. The minimum Gasteiger partial charge on any atom is -0.504 e. The number of aryl methyl sites for hydroxylation is 1. The third-order valence-corrected chi connectivity index (χ3v) is 9.98. The Morgan fingerprint density at radius 3 is 1.56 bits per heavy atom. The number of aromatic hydroxyl groups is 6. The number of ether oxygens (including phenoxy) is 6. The summed E-state index contributed by atoms with van der Waals surface area (Å²) in [5, 5.41) is 86.8. The number of para-hydroxylation sites is 2. The molecule has 1 saturated heterocycles. The summed E-state index contributed by atoms with van der Waals surface area (Å²) in [6.07, 6.45) is 1.86. The van der Waals surface area contributed by atoms with Gasteiger partial charge in [0.15, 0.2) is 52.6 Å². The summed E-state index contributed by atoms with van der Waals surface area (Å²) in [6, 6.07) is 2.44. The van der Waals surface area contributed by atoms with E-state index in [9.17, 15) is 69.0 Å². The Hall–Kier alpha value is -8.76. The van der Waals surface area contributed by atoms with Gasteiger partial charge in [-0.2, -0.15) is 0 Å². The van der Waals surface area contributed by atoms with Crippen LogP contribution in [0.4, 0.5) is 0 Å². The summed E-state index contributed by atoms with van der Waals surface area (Å²) in [7, 11) is 0. The van der Waals surface area contributed by atoms with E-state index in [-0.39, 0.29) is 58.0 Å². The van der Waals surface area contributed by atoms with Crippen molar-refractivity contribution in [3.05, 3.63) is 82.7 Å². The summed E-state index contributed by atoms with van der Waals surface area (Å²) < 4.78 is 33.4. The Balaban J connectivity index is 1.17. The van der Waals surface area contributed by atoms with Gasteiger partial charge >= 0.3 is 23.9 Å². The number of carbonyl (C=O) groups is 8. The van der Waals surface area contributed by atoms with E-state index in [0.29, 0.717) is 18.8 Å². The van der Waals surface area contributed by atoms with Gasteiger partial charge < -0.3 is 85.4 Å². The number of hydrogen-bond acceptors (Lipinski definition) is 22. The first-order valence-corrected chi connectivity index (χ1v) is 21.6. The molecule has 1 aliphatic rings. The van der Waals surface area contributed by atoms with Crippen LogP contribution in [-0.4, -0.2) is 182 Å². The molecule has 386 valence electrons. The zero-order valence-electron chi connectivity index (χ0n) is 37.8. The van der Waals surface area contributed by atoms with Gasteiger partial charge in [0.2, 0.25) is 0 Å². The van der Waals surface area contributed by atoms with Crippen molar-refractivity contribution in [3.63, 3.8) is 0 Å². The van der Waals surface area contributed by atoms with Crippen LogP contribution in [0, 0.1) is 0 Å². The summed E-state index contributed by atoms with van der Waals surface area (Å²) >= 11 is 0. The van der Waals surface area contributed by atoms with Crippen LogP contribution < -0.4 is 21.3 Å². The molecule has 0 unspecified atom stereocenters. The fraction of sp³-hybridized carbons (Fsp3) is 0.364. The van der Waals surface area contributed by atoms with E-state index in [0.717, 1.165) is 36.4 Å². The van der Waals surface area contributed by atoms with Gasteiger partial charge in [-0.05, 0) is 36.4 Å². The smallest absolute Gasteiger partial charge is 0.332 e. The molecule has 0 radical (unpaired) electrons. The average Bonchev–Trinajstić information content (AvgIpc) is 3.81. The highest BCUT2D eigenvalue weighted by Gasteiger charge is 2.35. The molecule has 28 nitrogen and oxygen atoms in total. The van der Waals surface area contributed by atoms with Crippen molar-refractivity contribution in [1.82, 2.24) is 36.3 Å². The highest BCUT2D eigenvalue weighted by atomic mass is 16.6. The number of amides is 4. The number of nitrogens with zero attached hydrogens (tertiary/aromatic N) is 3. The largest absolute Gasteiger partial charge is 0.504 e. The van der Waals surface area contributed by atoms with Crippen LogP contribution >= 0.6 is 0 Å². The lowest BCUT2D eigenvalue weighted by atomic mass is 10.1. The molecule has 11 N–H and O–H groups in total. The molecule has 5 rings (SSSR count). The molecule has 1 aliphatic heterocycles. The number of carbonyl (C=O) groups excluding carboxylic acids is 7. The lowest BCUT2D eigenvalue weighted by Gasteiger charge is -2.25. The van der Waals surface area contributed by atoms with Crippen LogP contribution in [-0.2, 0) is 60.6 Å². The summed E-state index contributed by atoms with van der Waals surface area (Å²) in [5.41, 5.74) is -1.63. The number of hydrogen-bond donors (Lipinski definition) is 11. The van der Waals surface area contributed by atoms with Crippen LogP contribution in [0.5, 0.6) is 34.5 Å². The molecule has 3 atom stereocenters. The fourth-order valence-electron chi connectivity index (χ4n) is 6.20. The van der Waals surface area contributed by atoms with E-state index in [1.807, 2.05) is 0 Å². The van der Waals surface area contributed by atoms with E-state index in [4.69, 9.17) is 33.5 Å². The topological polar surface area (TPSA) is 412 Å². The Kier molecular flexibility index (Phi) is 19.8. The minimum atomic E-state index is -2.01. The van der Waals surface area contributed by atoms with Crippen molar-refractivity contribution in [2.45, 2.75) is 37.5 Å². The zero-order valence-corrected chi connectivity index (χ0v) is 37.8. The second kappa shape index (κ2) is 26.3. The number of cyclic esters (lactones) is 3. The van der Waals surface area contributed by atoms with Crippen LogP contribution in [0.1, 0.15) is 53.5 Å². The van der Waals surface area contributed by atoms with Crippen LogP contribution in [0.25, 0.3) is 0 Å². The van der Waals surface area contributed by atoms with Gasteiger partial charge in [-0.1, -0.05) is 17.3 Å². The summed E-state index contributed by atoms with van der Waals surface area (Å²) in [4.78, 5) is 104. The Labute approximate surface area is 406 Å². The average molecular weight is 1010 g/mol. The highest BCUT2D eigenvalue weighted by Crippen LogP contribution is 2.31. The van der Waals surface area contributed by atoms with Crippen LogP contribution in [0.2, 0.25) is 0 Å². The SMILES string of the molecule is O=C(O)CCc1cn(CCOCCOCCOCCNC(=O)c2cc(O)c(O)c(C(=O)N[C@H]3COC(=O)[C@@H](NC(=O)c4cccc(O)c4O)COC(=O)[C@@H](NC(=O)c4cccc(O)c4O)COC3=O)c2)nn1. The fourth-order valence-corrected chi connectivity index (χ4v) is 6.20. The molecule has 0 aliphatic carbocycles. The molecule has 2 heterocycles. The zero-order chi connectivity index (χ0) is 52.3. The second-order valence-electron chi connectivity index (χ2n) is 15.2. The number of nitrogens with one attached hydrogen (secondary N) is 4. The van der Waals surface area contributed by atoms with Gasteiger partial charge in [-0.15, -0.1) is 5.10 Å². The third-order valence-electron chi connectivity index (χ3n) is 9.98. The number of phenols is 6. The van der Waals surface area contributed by atoms with E-state index in [1.54, 1.807) is 6.20 Å². The minimum absolute atomic E-state index is 0.00130. The van der Waals surface area contributed by atoms with Crippen molar-refractivity contribution < 1.29 is 103 Å². The maximum absolute atomic E-state index is 13.6. The lowest BCUT2D eigenvalue weighted by molar-refractivity contribution is -0.160. The van der Waals surface area contributed by atoms with Gasteiger partial charge in [-0.25, -0.2) is 19.1 Å². The molecular weight excluding hydrogens is 963 g/mol. The van der Waals surface area contributed by atoms with Crippen molar-refractivity contribution in [2.75, 3.05) is 66.0 Å².